The number of fused-ring (bicyclic) bond motifs is 12. The van der Waals surface area contributed by atoms with Crippen LogP contribution in [-0.2, 0) is 10.8 Å². The van der Waals surface area contributed by atoms with Crippen LogP contribution in [0, 0.1) is 0 Å². The average Bonchev–Trinajstić information content (AvgIpc) is 3.72. The number of hydrogen-bond acceptors (Lipinski definition) is 2. The smallest absolute Gasteiger partial charge is 0.132 e. The quantitative estimate of drug-likeness (QED) is 0.173. The lowest BCUT2D eigenvalue weighted by Gasteiger charge is -2.40. The predicted octanol–water partition coefficient (Wildman–Crippen LogP) is 15.3. The van der Waals surface area contributed by atoms with Crippen LogP contribution in [0.4, 0.5) is 17.1 Å². The Labute approximate surface area is 351 Å². The van der Waals surface area contributed by atoms with Gasteiger partial charge in [-0.25, -0.2) is 0 Å². The molecule has 60 heavy (non-hydrogen) atoms. The van der Waals surface area contributed by atoms with Crippen molar-refractivity contribution in [3.8, 4) is 56.0 Å². The van der Waals surface area contributed by atoms with E-state index in [9.17, 15) is 0 Å². The van der Waals surface area contributed by atoms with Crippen LogP contribution in [0.3, 0.4) is 0 Å². The zero-order valence-corrected chi connectivity index (χ0v) is 33.6. The molecular weight excluding hydrogens is 727 g/mol. The molecule has 9 aromatic rings. The maximum Gasteiger partial charge on any atom is 0.132 e. The van der Waals surface area contributed by atoms with Crippen molar-refractivity contribution in [1.82, 2.24) is 0 Å². The Hall–Kier alpha value is -7.42. The summed E-state index contributed by atoms with van der Waals surface area (Å²) < 4.78 is 6.98. The van der Waals surface area contributed by atoms with Gasteiger partial charge in [0.2, 0.25) is 0 Å². The number of para-hydroxylation sites is 2. The topological polar surface area (TPSA) is 12.5 Å². The van der Waals surface area contributed by atoms with Gasteiger partial charge in [0.25, 0.3) is 0 Å². The standard InChI is InChI=1S/C58H41NO/c1-57(2)52-35-43(59(42-22-10-5-11-23-42)44-33-40(38-18-6-3-7-19-38)32-41(34-44)39-20-8-4-9-21-39)30-31-47(52)48-36-54-56(37-53(48)57)60-55-29-17-16-28-51(55)58(54)49-26-14-12-24-45(49)46-25-13-15-27-50(46)58/h3-37H,1-2H3. The van der Waals surface area contributed by atoms with Gasteiger partial charge in [-0.3, -0.25) is 0 Å². The Bertz CT molecular complexity index is 3040. The largest absolute Gasteiger partial charge is 0.457 e. The van der Waals surface area contributed by atoms with E-state index in [1.807, 2.05) is 0 Å². The minimum absolute atomic E-state index is 0.294. The van der Waals surface area contributed by atoms with Gasteiger partial charge in [-0.1, -0.05) is 166 Å². The Morgan fingerprint density at radius 1 is 0.317 bits per heavy atom. The highest BCUT2D eigenvalue weighted by Gasteiger charge is 2.52. The summed E-state index contributed by atoms with van der Waals surface area (Å²) in [5.41, 5.74) is 20.0. The van der Waals surface area contributed by atoms with Gasteiger partial charge in [-0.2, -0.15) is 0 Å². The van der Waals surface area contributed by atoms with Crippen molar-refractivity contribution < 1.29 is 4.74 Å². The van der Waals surface area contributed by atoms with Gasteiger partial charge in [0.1, 0.15) is 11.5 Å². The van der Waals surface area contributed by atoms with Crippen molar-refractivity contribution in [1.29, 1.82) is 0 Å². The zero-order chi connectivity index (χ0) is 40.0. The van der Waals surface area contributed by atoms with E-state index < -0.39 is 5.41 Å². The first-order valence-electron chi connectivity index (χ1n) is 20.9. The Kier molecular flexibility index (Phi) is 7.52. The predicted molar refractivity (Wildman–Crippen MR) is 247 cm³/mol. The van der Waals surface area contributed by atoms with Crippen molar-refractivity contribution >= 4 is 17.1 Å². The van der Waals surface area contributed by atoms with Crippen LogP contribution >= 0.6 is 0 Å². The van der Waals surface area contributed by atoms with E-state index in [1.165, 1.54) is 77.9 Å². The van der Waals surface area contributed by atoms with Crippen LogP contribution in [0.5, 0.6) is 11.5 Å². The van der Waals surface area contributed by atoms with Crippen molar-refractivity contribution in [3.63, 3.8) is 0 Å². The molecule has 0 amide bonds. The number of ether oxygens (including phenoxy) is 1. The van der Waals surface area contributed by atoms with E-state index in [0.717, 1.165) is 28.6 Å². The fraction of sp³-hybridized carbons (Fsp3) is 0.0690. The zero-order valence-electron chi connectivity index (χ0n) is 33.6. The Morgan fingerprint density at radius 3 is 1.47 bits per heavy atom. The summed E-state index contributed by atoms with van der Waals surface area (Å²) in [6.45, 7) is 4.74. The Morgan fingerprint density at radius 2 is 0.833 bits per heavy atom. The third-order valence-corrected chi connectivity index (χ3v) is 13.3. The van der Waals surface area contributed by atoms with Crippen LogP contribution in [0.1, 0.15) is 47.2 Å². The third-order valence-electron chi connectivity index (χ3n) is 13.3. The third kappa shape index (κ3) is 4.94. The first kappa shape index (κ1) is 34.6. The van der Waals surface area contributed by atoms with Crippen molar-refractivity contribution in [2.24, 2.45) is 0 Å². The minimum atomic E-state index is -0.510. The molecule has 3 aliphatic rings. The summed E-state index contributed by atoms with van der Waals surface area (Å²) in [7, 11) is 0. The first-order valence-corrected chi connectivity index (χ1v) is 20.9. The van der Waals surface area contributed by atoms with Gasteiger partial charge in [-0.05, 0) is 127 Å². The molecule has 12 rings (SSSR count). The van der Waals surface area contributed by atoms with Gasteiger partial charge < -0.3 is 9.64 Å². The van der Waals surface area contributed by atoms with E-state index in [1.54, 1.807) is 0 Å². The second kappa shape index (κ2) is 13.0. The van der Waals surface area contributed by atoms with Crippen LogP contribution in [-0.4, -0.2) is 0 Å². The van der Waals surface area contributed by atoms with Crippen molar-refractivity contribution in [2.45, 2.75) is 24.7 Å². The normalized spacial score (nSPS) is 14.2. The lowest BCUT2D eigenvalue weighted by atomic mass is 9.65. The summed E-state index contributed by atoms with van der Waals surface area (Å²) >= 11 is 0. The van der Waals surface area contributed by atoms with Crippen LogP contribution in [0.2, 0.25) is 0 Å². The lowest BCUT2D eigenvalue weighted by molar-refractivity contribution is 0.435. The molecule has 1 aliphatic heterocycles. The molecule has 1 heterocycles. The van der Waals surface area contributed by atoms with Crippen molar-refractivity contribution in [3.05, 3.63) is 246 Å². The molecule has 9 aromatic carbocycles. The fourth-order valence-electron chi connectivity index (χ4n) is 10.6. The summed E-state index contributed by atoms with van der Waals surface area (Å²) in [6, 6.07) is 77.7. The van der Waals surface area contributed by atoms with Gasteiger partial charge in [0, 0.05) is 33.6 Å². The molecule has 2 nitrogen and oxygen atoms in total. The molecule has 1 spiro atoms. The number of anilines is 3. The second-order valence-electron chi connectivity index (χ2n) is 16.9. The fourth-order valence-corrected chi connectivity index (χ4v) is 10.6. The molecule has 284 valence electrons. The number of hydrogen-bond donors (Lipinski definition) is 0. The van der Waals surface area contributed by atoms with Crippen LogP contribution < -0.4 is 9.64 Å². The van der Waals surface area contributed by atoms with Crippen molar-refractivity contribution in [2.75, 3.05) is 4.90 Å². The minimum Gasteiger partial charge on any atom is -0.457 e. The van der Waals surface area contributed by atoms with Crippen LogP contribution in [0.25, 0.3) is 44.5 Å². The highest BCUT2D eigenvalue weighted by atomic mass is 16.5. The summed E-state index contributed by atoms with van der Waals surface area (Å²) in [5, 5.41) is 0. The monoisotopic (exact) mass is 767 g/mol. The molecule has 2 heteroatoms. The Balaban J connectivity index is 1.06. The summed E-state index contributed by atoms with van der Waals surface area (Å²) in [4.78, 5) is 2.42. The SMILES string of the molecule is CC1(C)c2cc(N(c3ccccc3)c3cc(-c4ccccc4)cc(-c4ccccc4)c3)ccc2-c2cc3c(cc21)Oc1ccccc1C31c2ccccc2-c2ccccc21. The second-order valence-corrected chi connectivity index (χ2v) is 16.9. The molecule has 0 N–H and O–H groups in total. The van der Waals surface area contributed by atoms with Crippen LogP contribution in [0.15, 0.2) is 212 Å². The maximum atomic E-state index is 6.98. The highest BCUT2D eigenvalue weighted by molar-refractivity contribution is 5.93. The van der Waals surface area contributed by atoms with Gasteiger partial charge >= 0.3 is 0 Å². The molecule has 0 aromatic heterocycles. The number of rotatable bonds is 5. The van der Waals surface area contributed by atoms with E-state index in [0.29, 0.717) is 0 Å². The highest BCUT2D eigenvalue weighted by Crippen LogP contribution is 2.64. The van der Waals surface area contributed by atoms with E-state index >= 15 is 0 Å². The molecule has 0 saturated heterocycles. The molecule has 2 aliphatic carbocycles. The summed E-state index contributed by atoms with van der Waals surface area (Å²) in [6.07, 6.45) is 0. The number of benzene rings is 9. The van der Waals surface area contributed by atoms with Gasteiger partial charge in [0.05, 0.1) is 5.41 Å². The van der Waals surface area contributed by atoms with E-state index in [2.05, 4.69) is 231 Å². The molecule has 0 fully saturated rings. The molecular formula is C58H41NO. The molecule has 0 atom stereocenters. The summed E-state index contributed by atoms with van der Waals surface area (Å²) in [5.74, 6) is 1.84. The average molecular weight is 768 g/mol. The lowest BCUT2D eigenvalue weighted by Crippen LogP contribution is -2.32. The van der Waals surface area contributed by atoms with Gasteiger partial charge in [-0.15, -0.1) is 0 Å². The van der Waals surface area contributed by atoms with E-state index in [-0.39, 0.29) is 5.41 Å². The molecule has 0 bridgehead atoms. The van der Waals surface area contributed by atoms with Gasteiger partial charge in [0.15, 0.2) is 0 Å². The molecule has 0 unspecified atom stereocenters. The molecule has 0 radical (unpaired) electrons. The van der Waals surface area contributed by atoms with E-state index in [4.69, 9.17) is 4.74 Å². The number of nitrogens with zero attached hydrogens (tertiary/aromatic N) is 1. The first-order chi connectivity index (χ1) is 29.5. The molecule has 0 saturated carbocycles. The maximum absolute atomic E-state index is 6.98.